The van der Waals surface area contributed by atoms with Crippen LogP contribution in [-0.4, -0.2) is 50.1 Å². The van der Waals surface area contributed by atoms with E-state index in [1.807, 2.05) is 7.05 Å². The third-order valence-corrected chi connectivity index (χ3v) is 5.51. The lowest BCUT2D eigenvalue weighted by molar-refractivity contribution is 0.206. The summed E-state index contributed by atoms with van der Waals surface area (Å²) in [5, 5.41) is 7.21. The van der Waals surface area contributed by atoms with E-state index in [1.165, 1.54) is 64.6 Å². The number of likely N-dealkylation sites (tertiary alicyclic amines) is 1. The van der Waals surface area contributed by atoms with Crippen molar-refractivity contribution in [3.05, 3.63) is 0 Å². The van der Waals surface area contributed by atoms with Crippen LogP contribution >= 0.6 is 0 Å². The molecule has 4 heteroatoms. The van der Waals surface area contributed by atoms with Gasteiger partial charge < -0.3 is 15.5 Å². The Hall–Kier alpha value is -0.770. The fraction of sp³-hybridized carbons (Fsp3) is 0.944. The van der Waals surface area contributed by atoms with E-state index < -0.39 is 0 Å². The lowest BCUT2D eigenvalue weighted by Gasteiger charge is -2.33. The molecule has 1 aliphatic carbocycles. The van der Waals surface area contributed by atoms with Crippen LogP contribution < -0.4 is 10.6 Å². The lowest BCUT2D eigenvalue weighted by atomic mass is 9.80. The highest BCUT2D eigenvalue weighted by atomic mass is 15.2. The fourth-order valence-corrected chi connectivity index (χ4v) is 3.93. The summed E-state index contributed by atoms with van der Waals surface area (Å²) in [5.41, 5.74) is 0. The Kier molecular flexibility index (Phi) is 7.50. The molecule has 0 radical (unpaired) electrons. The average molecular weight is 309 g/mol. The molecule has 1 heterocycles. The molecule has 2 fully saturated rings. The lowest BCUT2D eigenvalue weighted by Crippen LogP contribution is -2.49. The summed E-state index contributed by atoms with van der Waals surface area (Å²) in [4.78, 5) is 7.01. The first-order valence-electron chi connectivity index (χ1n) is 9.42. The van der Waals surface area contributed by atoms with Gasteiger partial charge in [0.2, 0.25) is 0 Å². The largest absolute Gasteiger partial charge is 0.356 e. The van der Waals surface area contributed by atoms with Crippen LogP contribution in [0.25, 0.3) is 0 Å². The van der Waals surface area contributed by atoms with Crippen molar-refractivity contribution in [1.29, 1.82) is 0 Å². The van der Waals surface area contributed by atoms with Crippen molar-refractivity contribution in [3.63, 3.8) is 0 Å². The van der Waals surface area contributed by atoms with Crippen LogP contribution in [0.3, 0.4) is 0 Å². The molecule has 4 nitrogen and oxygen atoms in total. The molecule has 1 aliphatic heterocycles. The van der Waals surface area contributed by atoms with E-state index in [-0.39, 0.29) is 0 Å². The van der Waals surface area contributed by atoms with Gasteiger partial charge in [-0.25, -0.2) is 0 Å². The number of aliphatic imine (C=N–C) groups is 1. The molecule has 0 aromatic rings. The molecule has 128 valence electrons. The van der Waals surface area contributed by atoms with E-state index in [9.17, 15) is 0 Å². The summed E-state index contributed by atoms with van der Waals surface area (Å²) in [7, 11) is 1.89. The van der Waals surface area contributed by atoms with Crippen molar-refractivity contribution in [1.82, 2.24) is 15.5 Å². The maximum absolute atomic E-state index is 4.43. The summed E-state index contributed by atoms with van der Waals surface area (Å²) in [6.45, 7) is 9.45. The standard InChI is InChI=1S/C18H36N4/c1-4-11-22-12-9-17(10-13-22)21-18(19-3)20-14-16-8-6-5-7-15(16)2/h15-17H,4-14H2,1-3H3,(H2,19,20,21). The molecule has 1 saturated heterocycles. The predicted molar refractivity (Wildman–Crippen MR) is 95.4 cm³/mol. The number of nitrogens with one attached hydrogen (secondary N) is 2. The molecule has 2 unspecified atom stereocenters. The predicted octanol–water partition coefficient (Wildman–Crippen LogP) is 2.85. The highest BCUT2D eigenvalue weighted by molar-refractivity contribution is 5.79. The zero-order valence-corrected chi connectivity index (χ0v) is 14.9. The first-order chi connectivity index (χ1) is 10.7. The first kappa shape index (κ1) is 17.6. The molecule has 0 aromatic heterocycles. The number of hydrogen-bond donors (Lipinski definition) is 2. The van der Waals surface area contributed by atoms with E-state index >= 15 is 0 Å². The second kappa shape index (κ2) is 9.39. The van der Waals surface area contributed by atoms with Crippen LogP contribution in [0.1, 0.15) is 58.8 Å². The van der Waals surface area contributed by atoms with E-state index in [4.69, 9.17) is 0 Å². The van der Waals surface area contributed by atoms with Crippen LogP contribution in [0, 0.1) is 11.8 Å². The Morgan fingerprint density at radius 3 is 2.50 bits per heavy atom. The fourth-order valence-electron chi connectivity index (χ4n) is 3.93. The smallest absolute Gasteiger partial charge is 0.191 e. The second-order valence-electron chi connectivity index (χ2n) is 7.24. The molecule has 0 bridgehead atoms. The van der Waals surface area contributed by atoms with Crippen molar-refractivity contribution >= 4 is 5.96 Å². The SMILES string of the molecule is CCCN1CCC(NC(=NC)NCC2CCCCC2C)CC1. The van der Waals surface area contributed by atoms with Crippen LogP contribution in [0.15, 0.2) is 4.99 Å². The molecule has 0 spiro atoms. The molecule has 2 rings (SSSR count). The van der Waals surface area contributed by atoms with Gasteiger partial charge in [-0.15, -0.1) is 0 Å². The van der Waals surface area contributed by atoms with Crippen molar-refractivity contribution in [2.75, 3.05) is 33.2 Å². The Labute approximate surface area is 137 Å². The van der Waals surface area contributed by atoms with Crippen molar-refractivity contribution < 1.29 is 0 Å². The summed E-state index contributed by atoms with van der Waals surface area (Å²) in [6, 6.07) is 0.586. The van der Waals surface area contributed by atoms with Gasteiger partial charge in [-0.05, 0) is 44.1 Å². The number of piperidine rings is 1. The Morgan fingerprint density at radius 2 is 1.86 bits per heavy atom. The van der Waals surface area contributed by atoms with Crippen LogP contribution in [0.2, 0.25) is 0 Å². The maximum Gasteiger partial charge on any atom is 0.191 e. The molecule has 22 heavy (non-hydrogen) atoms. The molecular formula is C18H36N4. The summed E-state index contributed by atoms with van der Waals surface area (Å²) >= 11 is 0. The molecule has 2 aliphatic rings. The van der Waals surface area contributed by atoms with E-state index in [0.717, 1.165) is 24.3 Å². The number of nitrogens with zero attached hydrogens (tertiary/aromatic N) is 2. The normalized spacial score (nSPS) is 28.6. The minimum atomic E-state index is 0.586. The monoisotopic (exact) mass is 308 g/mol. The molecule has 0 aromatic carbocycles. The molecule has 1 saturated carbocycles. The van der Waals surface area contributed by atoms with E-state index in [2.05, 4.69) is 34.4 Å². The summed E-state index contributed by atoms with van der Waals surface area (Å²) < 4.78 is 0. The summed E-state index contributed by atoms with van der Waals surface area (Å²) in [5.74, 6) is 2.68. The van der Waals surface area contributed by atoms with Gasteiger partial charge in [0, 0.05) is 32.7 Å². The highest BCUT2D eigenvalue weighted by Gasteiger charge is 2.22. The van der Waals surface area contributed by atoms with Gasteiger partial charge in [-0.1, -0.05) is 33.1 Å². The molecule has 0 amide bonds. The van der Waals surface area contributed by atoms with Crippen molar-refractivity contribution in [2.24, 2.45) is 16.8 Å². The number of rotatable bonds is 5. The molecule has 2 N–H and O–H groups in total. The van der Waals surface area contributed by atoms with Crippen molar-refractivity contribution in [3.8, 4) is 0 Å². The van der Waals surface area contributed by atoms with E-state index in [0.29, 0.717) is 6.04 Å². The second-order valence-corrected chi connectivity index (χ2v) is 7.24. The Morgan fingerprint density at radius 1 is 1.14 bits per heavy atom. The van der Waals surface area contributed by atoms with Crippen LogP contribution in [-0.2, 0) is 0 Å². The quantitative estimate of drug-likeness (QED) is 0.606. The third kappa shape index (κ3) is 5.45. The average Bonchev–Trinajstić information content (AvgIpc) is 2.54. The number of guanidine groups is 1. The maximum atomic E-state index is 4.43. The van der Waals surface area contributed by atoms with Gasteiger partial charge in [0.15, 0.2) is 5.96 Å². The van der Waals surface area contributed by atoms with Gasteiger partial charge in [0.25, 0.3) is 0 Å². The zero-order chi connectivity index (χ0) is 15.8. The van der Waals surface area contributed by atoms with E-state index in [1.54, 1.807) is 0 Å². The highest BCUT2D eigenvalue weighted by Crippen LogP contribution is 2.28. The van der Waals surface area contributed by atoms with Crippen LogP contribution in [0.4, 0.5) is 0 Å². The van der Waals surface area contributed by atoms with Crippen molar-refractivity contribution in [2.45, 2.75) is 64.8 Å². The molecular weight excluding hydrogens is 272 g/mol. The minimum absolute atomic E-state index is 0.586. The number of hydrogen-bond acceptors (Lipinski definition) is 2. The minimum Gasteiger partial charge on any atom is -0.356 e. The summed E-state index contributed by atoms with van der Waals surface area (Å²) in [6.07, 6.45) is 9.33. The topological polar surface area (TPSA) is 39.7 Å². The zero-order valence-electron chi connectivity index (χ0n) is 14.9. The third-order valence-electron chi connectivity index (χ3n) is 5.51. The van der Waals surface area contributed by atoms with Gasteiger partial charge in [-0.2, -0.15) is 0 Å². The van der Waals surface area contributed by atoms with Gasteiger partial charge >= 0.3 is 0 Å². The van der Waals surface area contributed by atoms with Gasteiger partial charge in [0.1, 0.15) is 0 Å². The molecule has 2 atom stereocenters. The Balaban J connectivity index is 1.69. The van der Waals surface area contributed by atoms with Gasteiger partial charge in [0.05, 0.1) is 0 Å². The first-order valence-corrected chi connectivity index (χ1v) is 9.42. The van der Waals surface area contributed by atoms with Gasteiger partial charge in [-0.3, -0.25) is 4.99 Å². The Bertz CT molecular complexity index is 334. The van der Waals surface area contributed by atoms with Crippen LogP contribution in [0.5, 0.6) is 0 Å².